The summed E-state index contributed by atoms with van der Waals surface area (Å²) in [5.41, 5.74) is 1.81. The molecule has 22 heavy (non-hydrogen) atoms. The van der Waals surface area contributed by atoms with Crippen LogP contribution in [0.3, 0.4) is 0 Å². The molecule has 2 aromatic carbocycles. The molecule has 1 N–H and O–H groups in total. The third-order valence-electron chi connectivity index (χ3n) is 3.26. The summed E-state index contributed by atoms with van der Waals surface area (Å²) in [6, 6.07) is 14.7. The van der Waals surface area contributed by atoms with E-state index >= 15 is 0 Å². The molecule has 1 aliphatic rings. The predicted octanol–water partition coefficient (Wildman–Crippen LogP) is 3.27. The molecule has 0 fully saturated rings. The fourth-order valence-corrected chi connectivity index (χ4v) is 2.41. The molecule has 3 rings (SSSR count). The fraction of sp³-hybridized carbons (Fsp3) is 0.0588. The Kier molecular flexibility index (Phi) is 3.94. The topological polar surface area (TPSA) is 50.7 Å². The van der Waals surface area contributed by atoms with Crippen molar-refractivity contribution in [1.82, 2.24) is 5.32 Å². The summed E-state index contributed by atoms with van der Waals surface area (Å²) < 4.78 is 5.28. The van der Waals surface area contributed by atoms with E-state index in [1.165, 1.54) is 0 Å². The molecule has 0 radical (unpaired) electrons. The van der Waals surface area contributed by atoms with Gasteiger partial charge in [-0.25, -0.2) is 4.99 Å². The van der Waals surface area contributed by atoms with E-state index in [1.807, 2.05) is 42.5 Å². The minimum atomic E-state index is -0.263. The highest BCUT2D eigenvalue weighted by Gasteiger charge is 2.22. The van der Waals surface area contributed by atoms with Crippen molar-refractivity contribution < 1.29 is 9.53 Å². The van der Waals surface area contributed by atoms with Crippen molar-refractivity contribution in [2.45, 2.75) is 0 Å². The van der Waals surface area contributed by atoms with Gasteiger partial charge in [0.2, 0.25) is 0 Å². The maximum Gasteiger partial charge on any atom is 0.275 e. The molecule has 5 heteroatoms. The number of amidine groups is 1. The highest BCUT2D eigenvalue weighted by molar-refractivity contribution is 6.35. The number of rotatable bonds is 3. The van der Waals surface area contributed by atoms with Crippen LogP contribution in [-0.4, -0.2) is 18.9 Å². The lowest BCUT2D eigenvalue weighted by atomic mass is 10.1. The first-order chi connectivity index (χ1) is 10.7. The molecule has 2 aromatic rings. The lowest BCUT2D eigenvalue weighted by molar-refractivity contribution is -0.115. The molecule has 0 spiro atoms. The Labute approximate surface area is 133 Å². The number of carbonyl (C=O) groups is 1. The second kappa shape index (κ2) is 6.03. The SMILES string of the molecule is COc1ccccc1/C=C1\N=C(c2ccccc2Cl)NC1=O. The molecule has 0 atom stereocenters. The van der Waals surface area contributed by atoms with Crippen molar-refractivity contribution in [3.05, 3.63) is 70.4 Å². The first kappa shape index (κ1) is 14.4. The molecular weight excluding hydrogens is 300 g/mol. The average molecular weight is 313 g/mol. The van der Waals surface area contributed by atoms with Gasteiger partial charge in [0.25, 0.3) is 5.91 Å². The number of ether oxygens (including phenoxy) is 1. The fourth-order valence-electron chi connectivity index (χ4n) is 2.18. The third kappa shape index (κ3) is 2.73. The Bertz CT molecular complexity index is 797. The number of carbonyl (C=O) groups excluding carboxylic acids is 1. The number of benzene rings is 2. The largest absolute Gasteiger partial charge is 0.496 e. The van der Waals surface area contributed by atoms with Gasteiger partial charge >= 0.3 is 0 Å². The Morgan fingerprint density at radius 1 is 1.14 bits per heavy atom. The van der Waals surface area contributed by atoms with Gasteiger partial charge in [-0.3, -0.25) is 4.79 Å². The summed E-state index contributed by atoms with van der Waals surface area (Å²) in [6.45, 7) is 0. The Morgan fingerprint density at radius 2 is 1.86 bits per heavy atom. The Morgan fingerprint density at radius 3 is 2.64 bits per heavy atom. The van der Waals surface area contributed by atoms with Gasteiger partial charge in [0.15, 0.2) is 0 Å². The van der Waals surface area contributed by atoms with Gasteiger partial charge in [-0.2, -0.15) is 0 Å². The van der Waals surface area contributed by atoms with Crippen LogP contribution < -0.4 is 10.1 Å². The standard InChI is InChI=1S/C17H13ClN2O2/c1-22-15-9-5-2-6-11(15)10-14-17(21)20-16(19-14)12-7-3-4-8-13(12)18/h2-10H,1H3,(H,19,20,21)/b14-10-. The lowest BCUT2D eigenvalue weighted by Crippen LogP contribution is -2.24. The van der Waals surface area contributed by atoms with E-state index in [4.69, 9.17) is 16.3 Å². The van der Waals surface area contributed by atoms with Crippen LogP contribution in [0.5, 0.6) is 5.75 Å². The van der Waals surface area contributed by atoms with Crippen LogP contribution in [0, 0.1) is 0 Å². The zero-order chi connectivity index (χ0) is 15.5. The number of nitrogens with one attached hydrogen (secondary N) is 1. The van der Waals surface area contributed by atoms with Crippen LogP contribution in [0.1, 0.15) is 11.1 Å². The zero-order valence-corrected chi connectivity index (χ0v) is 12.6. The van der Waals surface area contributed by atoms with Crippen molar-refractivity contribution in [2.75, 3.05) is 7.11 Å². The van der Waals surface area contributed by atoms with Gasteiger partial charge < -0.3 is 10.1 Å². The minimum Gasteiger partial charge on any atom is -0.496 e. The van der Waals surface area contributed by atoms with Gasteiger partial charge in [0.1, 0.15) is 17.3 Å². The smallest absolute Gasteiger partial charge is 0.275 e. The first-order valence-corrected chi connectivity index (χ1v) is 7.06. The number of amides is 1. The molecule has 1 aliphatic heterocycles. The molecule has 0 aliphatic carbocycles. The van der Waals surface area contributed by atoms with Gasteiger partial charge in [0, 0.05) is 11.1 Å². The number of hydrogen-bond acceptors (Lipinski definition) is 3. The van der Waals surface area contributed by atoms with Crippen LogP contribution in [0.4, 0.5) is 0 Å². The molecule has 4 nitrogen and oxygen atoms in total. The molecule has 0 saturated carbocycles. The van der Waals surface area contributed by atoms with Crippen LogP contribution in [0.2, 0.25) is 5.02 Å². The summed E-state index contributed by atoms with van der Waals surface area (Å²) >= 11 is 6.14. The quantitative estimate of drug-likeness (QED) is 0.884. The zero-order valence-electron chi connectivity index (χ0n) is 11.8. The summed E-state index contributed by atoms with van der Waals surface area (Å²) in [4.78, 5) is 16.4. The van der Waals surface area contributed by atoms with Crippen molar-refractivity contribution in [3.8, 4) is 5.75 Å². The first-order valence-electron chi connectivity index (χ1n) is 6.68. The predicted molar refractivity (Wildman–Crippen MR) is 87.1 cm³/mol. The number of methoxy groups -OCH3 is 1. The molecular formula is C17H13ClN2O2. The van der Waals surface area contributed by atoms with Crippen molar-refractivity contribution >= 4 is 29.4 Å². The van der Waals surface area contributed by atoms with E-state index in [2.05, 4.69) is 10.3 Å². The average Bonchev–Trinajstić information content (AvgIpc) is 2.89. The summed E-state index contributed by atoms with van der Waals surface area (Å²) in [7, 11) is 1.59. The normalized spacial score (nSPS) is 15.6. The molecule has 0 aromatic heterocycles. The van der Waals surface area contributed by atoms with Crippen molar-refractivity contribution in [1.29, 1.82) is 0 Å². The van der Waals surface area contributed by atoms with Crippen molar-refractivity contribution in [3.63, 3.8) is 0 Å². The van der Waals surface area contributed by atoms with E-state index in [-0.39, 0.29) is 5.91 Å². The van der Waals surface area contributed by atoms with Crippen LogP contribution in [-0.2, 0) is 4.79 Å². The van der Waals surface area contributed by atoms with Gasteiger partial charge in [-0.05, 0) is 24.3 Å². The van der Waals surface area contributed by atoms with E-state index in [0.717, 1.165) is 5.56 Å². The monoisotopic (exact) mass is 312 g/mol. The van der Waals surface area contributed by atoms with Crippen LogP contribution in [0.15, 0.2) is 59.2 Å². The van der Waals surface area contributed by atoms with Crippen LogP contribution in [0.25, 0.3) is 6.08 Å². The van der Waals surface area contributed by atoms with Gasteiger partial charge in [-0.15, -0.1) is 0 Å². The Balaban J connectivity index is 2.00. The Hall–Kier alpha value is -2.59. The summed E-state index contributed by atoms with van der Waals surface area (Å²) in [5.74, 6) is 0.877. The van der Waals surface area contributed by atoms with E-state index in [0.29, 0.717) is 27.9 Å². The van der Waals surface area contributed by atoms with Gasteiger partial charge in [-0.1, -0.05) is 41.9 Å². The molecule has 1 heterocycles. The third-order valence-corrected chi connectivity index (χ3v) is 3.59. The second-order valence-corrected chi connectivity index (χ2v) is 5.07. The highest BCUT2D eigenvalue weighted by Crippen LogP contribution is 2.24. The van der Waals surface area contributed by atoms with E-state index < -0.39 is 0 Å². The number of halogens is 1. The molecule has 0 bridgehead atoms. The number of para-hydroxylation sites is 1. The molecule has 110 valence electrons. The molecule has 0 unspecified atom stereocenters. The van der Waals surface area contributed by atoms with Crippen molar-refractivity contribution in [2.24, 2.45) is 4.99 Å². The van der Waals surface area contributed by atoms with E-state index in [9.17, 15) is 4.79 Å². The molecule has 0 saturated heterocycles. The number of aliphatic imine (C=N–C) groups is 1. The lowest BCUT2D eigenvalue weighted by Gasteiger charge is -2.03. The summed E-state index contributed by atoms with van der Waals surface area (Å²) in [5, 5.41) is 3.28. The molecule has 1 amide bonds. The minimum absolute atomic E-state index is 0.263. The second-order valence-electron chi connectivity index (χ2n) is 4.67. The summed E-state index contributed by atoms with van der Waals surface area (Å²) in [6.07, 6.45) is 1.69. The maximum absolute atomic E-state index is 12.1. The van der Waals surface area contributed by atoms with E-state index in [1.54, 1.807) is 19.3 Å². The maximum atomic E-state index is 12.1. The highest BCUT2D eigenvalue weighted by atomic mass is 35.5. The van der Waals surface area contributed by atoms with Gasteiger partial charge in [0.05, 0.1) is 12.1 Å². The van der Waals surface area contributed by atoms with Crippen LogP contribution >= 0.6 is 11.6 Å². The number of nitrogens with zero attached hydrogens (tertiary/aromatic N) is 1. The number of hydrogen-bond donors (Lipinski definition) is 1.